The van der Waals surface area contributed by atoms with E-state index in [0.717, 1.165) is 5.56 Å². The molecule has 1 aromatic carbocycles. The van der Waals surface area contributed by atoms with Gasteiger partial charge in [-0.1, -0.05) is 71.9 Å². The number of rotatable bonds is 16. The van der Waals surface area contributed by atoms with E-state index in [1.807, 2.05) is 71.2 Å². The molecular weight excluding hydrogens is 568 g/mol. The Kier molecular flexibility index (Phi) is 19.6. The van der Waals surface area contributed by atoms with Crippen LogP contribution in [0.15, 0.2) is 30.3 Å². The molecule has 0 saturated carbocycles. The Morgan fingerprint density at radius 2 is 1.49 bits per heavy atom. The molecule has 0 aromatic heterocycles. The predicted octanol–water partition coefficient (Wildman–Crippen LogP) is 4.40. The van der Waals surface area contributed by atoms with Crippen LogP contribution in [-0.2, 0) is 25.7 Å². The number of amides is 4. The van der Waals surface area contributed by atoms with Crippen LogP contribution in [0, 0.1) is 11.8 Å². The molecule has 43 heavy (non-hydrogen) atoms. The molecule has 10 nitrogen and oxygen atoms in total. The number of thioether (sulfide) groups is 1. The summed E-state index contributed by atoms with van der Waals surface area (Å²) >= 11 is 1.39. The third-order valence-corrected chi connectivity index (χ3v) is 6.92. The van der Waals surface area contributed by atoms with Gasteiger partial charge in [0.2, 0.25) is 17.7 Å². The second kappa shape index (κ2) is 21.0. The van der Waals surface area contributed by atoms with Gasteiger partial charge in [0.15, 0.2) is 0 Å². The molecular formula is C32H56N4O6S. The Morgan fingerprint density at radius 1 is 0.884 bits per heavy atom. The van der Waals surface area contributed by atoms with Crippen molar-refractivity contribution in [2.45, 2.75) is 118 Å². The molecule has 0 aliphatic heterocycles. The van der Waals surface area contributed by atoms with Crippen molar-refractivity contribution < 1.29 is 29.0 Å². The first-order valence-corrected chi connectivity index (χ1v) is 16.6. The van der Waals surface area contributed by atoms with Gasteiger partial charge >= 0.3 is 6.09 Å². The first-order valence-electron chi connectivity index (χ1n) is 15.3. The van der Waals surface area contributed by atoms with Crippen molar-refractivity contribution >= 4 is 35.6 Å². The van der Waals surface area contributed by atoms with Crippen LogP contribution in [0.2, 0.25) is 0 Å². The minimum absolute atomic E-state index is 0.0816. The lowest BCUT2D eigenvalue weighted by Crippen LogP contribution is -2.55. The van der Waals surface area contributed by atoms with Gasteiger partial charge in [0, 0.05) is 18.2 Å². The van der Waals surface area contributed by atoms with Gasteiger partial charge in [-0.3, -0.25) is 14.4 Å². The Bertz CT molecular complexity index is 970. The van der Waals surface area contributed by atoms with Crippen LogP contribution in [-0.4, -0.2) is 70.8 Å². The van der Waals surface area contributed by atoms with E-state index in [1.165, 1.54) is 11.8 Å². The van der Waals surface area contributed by atoms with E-state index >= 15 is 0 Å². The van der Waals surface area contributed by atoms with E-state index in [9.17, 15) is 24.3 Å². The molecule has 5 N–H and O–H groups in total. The molecule has 0 fully saturated rings. The van der Waals surface area contributed by atoms with Gasteiger partial charge in [0.25, 0.3) is 0 Å². The van der Waals surface area contributed by atoms with Crippen LogP contribution in [0.3, 0.4) is 0 Å². The van der Waals surface area contributed by atoms with Crippen molar-refractivity contribution in [3.8, 4) is 0 Å². The summed E-state index contributed by atoms with van der Waals surface area (Å²) < 4.78 is 5.29. The Labute approximate surface area is 263 Å². The number of nitrogens with one attached hydrogen (secondary N) is 4. The summed E-state index contributed by atoms with van der Waals surface area (Å²) in [6.45, 7) is 17.0. The average Bonchev–Trinajstić information content (AvgIpc) is 2.94. The molecule has 0 saturated heterocycles. The Morgan fingerprint density at radius 3 is 2.00 bits per heavy atom. The fourth-order valence-electron chi connectivity index (χ4n) is 4.11. The Hall–Kier alpha value is -2.79. The molecule has 0 spiro atoms. The van der Waals surface area contributed by atoms with Gasteiger partial charge in [-0.15, -0.1) is 0 Å². The van der Waals surface area contributed by atoms with Crippen LogP contribution in [0.4, 0.5) is 4.79 Å². The highest BCUT2D eigenvalue weighted by molar-refractivity contribution is 7.98. The summed E-state index contributed by atoms with van der Waals surface area (Å²) in [6, 6.07) is 7.30. The van der Waals surface area contributed by atoms with Gasteiger partial charge in [0.1, 0.15) is 17.7 Å². The molecule has 4 amide bonds. The van der Waals surface area contributed by atoms with E-state index in [-0.39, 0.29) is 24.2 Å². The quantitative estimate of drug-likeness (QED) is 0.183. The normalized spacial score (nSPS) is 14.6. The van der Waals surface area contributed by atoms with Crippen LogP contribution in [0.1, 0.15) is 87.1 Å². The molecule has 0 aliphatic rings. The molecule has 0 bridgehead atoms. The SMILES string of the molecule is CC.CC[C@H](NC(=O)[C@H](C)C[C@H](O)[C@H](CC(C)C)NC(=O)[C@H](CSC)NC(=O)OC(C)(C)C)C(=O)NCc1ccccc1. The zero-order valence-corrected chi connectivity index (χ0v) is 28.6. The van der Waals surface area contributed by atoms with Gasteiger partial charge in [-0.05, 0) is 57.8 Å². The number of benzene rings is 1. The largest absolute Gasteiger partial charge is 0.444 e. The van der Waals surface area contributed by atoms with Gasteiger partial charge < -0.3 is 31.1 Å². The first-order chi connectivity index (χ1) is 20.2. The van der Waals surface area contributed by atoms with Crippen molar-refractivity contribution in [2.24, 2.45) is 11.8 Å². The summed E-state index contributed by atoms with van der Waals surface area (Å²) in [5.41, 5.74) is 0.245. The molecule has 246 valence electrons. The molecule has 0 radical (unpaired) electrons. The second-order valence-electron chi connectivity index (χ2n) is 11.8. The maximum absolute atomic E-state index is 13.1. The average molecular weight is 625 g/mol. The van der Waals surface area contributed by atoms with Crippen molar-refractivity contribution in [1.29, 1.82) is 0 Å². The highest BCUT2D eigenvalue weighted by Crippen LogP contribution is 2.17. The summed E-state index contributed by atoms with van der Waals surface area (Å²) in [6.07, 6.45) is 1.07. The third-order valence-electron chi connectivity index (χ3n) is 6.25. The standard InChI is InChI=1S/C30H50N4O6S.C2H6/c1-9-22(27(37)31-17-21-13-11-10-12-14-21)32-26(36)20(4)16-25(35)23(15-19(2)3)33-28(38)24(18-41-8)34-29(39)40-30(5,6)7;1-2/h10-14,19-20,22-25,35H,9,15-18H2,1-8H3,(H,31,37)(H,32,36)(H,33,38)(H,34,39);1-2H3/t20-,22+,23+,24+,25+;/m1./s1. The van der Waals surface area contributed by atoms with Crippen LogP contribution in [0.25, 0.3) is 0 Å². The number of carbonyl (C=O) groups is 4. The Balaban J connectivity index is 0.00000862. The summed E-state index contributed by atoms with van der Waals surface area (Å²) in [4.78, 5) is 51.1. The van der Waals surface area contributed by atoms with Crippen LogP contribution >= 0.6 is 11.8 Å². The molecule has 0 unspecified atom stereocenters. The van der Waals surface area contributed by atoms with Crippen molar-refractivity contribution in [3.05, 3.63) is 35.9 Å². The van der Waals surface area contributed by atoms with E-state index in [0.29, 0.717) is 25.1 Å². The second-order valence-corrected chi connectivity index (χ2v) is 12.7. The number of hydrogen-bond donors (Lipinski definition) is 5. The monoisotopic (exact) mass is 624 g/mol. The van der Waals surface area contributed by atoms with Crippen LogP contribution in [0.5, 0.6) is 0 Å². The maximum Gasteiger partial charge on any atom is 0.408 e. The van der Waals surface area contributed by atoms with Crippen molar-refractivity contribution in [2.75, 3.05) is 12.0 Å². The zero-order valence-electron chi connectivity index (χ0n) is 27.8. The van der Waals surface area contributed by atoms with E-state index < -0.39 is 47.7 Å². The lowest BCUT2D eigenvalue weighted by Gasteiger charge is -2.30. The highest BCUT2D eigenvalue weighted by Gasteiger charge is 2.31. The minimum Gasteiger partial charge on any atom is -0.444 e. The fourth-order valence-corrected chi connectivity index (χ4v) is 4.68. The molecule has 0 heterocycles. The van der Waals surface area contributed by atoms with E-state index in [4.69, 9.17) is 4.74 Å². The van der Waals surface area contributed by atoms with Gasteiger partial charge in [-0.25, -0.2) is 4.79 Å². The molecule has 1 rings (SSSR count). The highest BCUT2D eigenvalue weighted by atomic mass is 32.2. The smallest absolute Gasteiger partial charge is 0.408 e. The fraction of sp³-hybridized carbons (Fsp3) is 0.688. The van der Waals surface area contributed by atoms with Gasteiger partial charge in [0.05, 0.1) is 12.1 Å². The van der Waals surface area contributed by atoms with Crippen LogP contribution < -0.4 is 21.3 Å². The lowest BCUT2D eigenvalue weighted by atomic mass is 9.92. The number of ether oxygens (including phenoxy) is 1. The molecule has 1 aromatic rings. The van der Waals surface area contributed by atoms with E-state index in [2.05, 4.69) is 21.3 Å². The first kappa shape index (κ1) is 40.2. The lowest BCUT2D eigenvalue weighted by molar-refractivity contribution is -0.131. The summed E-state index contributed by atoms with van der Waals surface area (Å²) in [5, 5.41) is 22.2. The maximum atomic E-state index is 13.1. The molecule has 11 heteroatoms. The third kappa shape index (κ3) is 17.2. The number of hydrogen-bond acceptors (Lipinski definition) is 7. The van der Waals surface area contributed by atoms with Gasteiger partial charge in [-0.2, -0.15) is 11.8 Å². The van der Waals surface area contributed by atoms with E-state index in [1.54, 1.807) is 27.7 Å². The van der Waals surface area contributed by atoms with Crippen molar-refractivity contribution in [3.63, 3.8) is 0 Å². The minimum atomic E-state index is -1.02. The zero-order chi connectivity index (χ0) is 33.2. The number of alkyl carbamates (subject to hydrolysis) is 1. The molecule has 5 atom stereocenters. The number of aliphatic hydroxyl groups excluding tert-OH is 1. The van der Waals surface area contributed by atoms with Crippen molar-refractivity contribution in [1.82, 2.24) is 21.3 Å². The summed E-state index contributed by atoms with van der Waals surface area (Å²) in [5.74, 6) is -1.22. The predicted molar refractivity (Wildman–Crippen MR) is 175 cm³/mol. The molecule has 0 aliphatic carbocycles. The topological polar surface area (TPSA) is 146 Å². The number of carbonyl (C=O) groups excluding carboxylic acids is 4. The summed E-state index contributed by atoms with van der Waals surface area (Å²) in [7, 11) is 0. The number of aliphatic hydroxyl groups is 1.